The van der Waals surface area contributed by atoms with Crippen LogP contribution in [0.3, 0.4) is 0 Å². The topological polar surface area (TPSA) is 63.8 Å². The summed E-state index contributed by atoms with van der Waals surface area (Å²) in [6, 6.07) is 12.0. The second kappa shape index (κ2) is 5.33. The third-order valence-corrected chi connectivity index (χ3v) is 4.57. The van der Waals surface area contributed by atoms with Crippen molar-refractivity contribution in [2.24, 2.45) is 0 Å². The number of aromatic nitrogens is 2. The highest BCUT2D eigenvalue weighted by atomic mass is 79.9. The van der Waals surface area contributed by atoms with E-state index >= 15 is 0 Å². The first-order chi connectivity index (χ1) is 10.0. The normalized spacial score (nSPS) is 10.8. The van der Waals surface area contributed by atoms with E-state index < -0.39 is 0 Å². The summed E-state index contributed by atoms with van der Waals surface area (Å²) in [4.78, 5) is 8.57. The van der Waals surface area contributed by atoms with E-state index in [1.807, 2.05) is 24.3 Å². The fourth-order valence-corrected chi connectivity index (χ4v) is 2.57. The summed E-state index contributed by atoms with van der Waals surface area (Å²) in [5.41, 5.74) is 9.95. The Hall–Kier alpha value is -2.14. The summed E-state index contributed by atoms with van der Waals surface area (Å²) in [5, 5.41) is 4.29. The number of anilines is 3. The molecule has 4 nitrogen and oxygen atoms in total. The highest BCUT2D eigenvalue weighted by Gasteiger charge is 2.08. The van der Waals surface area contributed by atoms with Gasteiger partial charge in [0.05, 0.1) is 5.52 Å². The van der Waals surface area contributed by atoms with Gasteiger partial charge in [-0.15, -0.1) is 0 Å². The SMILES string of the molecule is Cc1cc(Nc2nc(N)nc3ccccc23)cc(C)c1Br. The van der Waals surface area contributed by atoms with Crippen LogP contribution >= 0.6 is 15.9 Å². The molecule has 3 rings (SSSR count). The van der Waals surface area contributed by atoms with Crippen LogP contribution in [0.25, 0.3) is 10.9 Å². The molecule has 0 aliphatic heterocycles. The number of para-hydroxylation sites is 1. The number of aryl methyl sites for hydroxylation is 2. The molecule has 0 aliphatic carbocycles. The van der Waals surface area contributed by atoms with Crippen LogP contribution in [-0.2, 0) is 0 Å². The Kier molecular flexibility index (Phi) is 3.51. The van der Waals surface area contributed by atoms with Gasteiger partial charge < -0.3 is 11.1 Å². The van der Waals surface area contributed by atoms with Gasteiger partial charge in [-0.1, -0.05) is 28.1 Å². The zero-order valence-corrected chi connectivity index (χ0v) is 13.4. The van der Waals surface area contributed by atoms with Gasteiger partial charge in [-0.05, 0) is 49.2 Å². The molecule has 0 spiro atoms. The first-order valence-electron chi connectivity index (χ1n) is 6.60. The van der Waals surface area contributed by atoms with Crippen LogP contribution in [0.5, 0.6) is 0 Å². The Morgan fingerprint density at radius 3 is 2.43 bits per heavy atom. The van der Waals surface area contributed by atoms with E-state index in [9.17, 15) is 0 Å². The number of halogens is 1. The van der Waals surface area contributed by atoms with Gasteiger partial charge >= 0.3 is 0 Å². The number of benzene rings is 2. The first-order valence-corrected chi connectivity index (χ1v) is 7.40. The smallest absolute Gasteiger partial charge is 0.222 e. The van der Waals surface area contributed by atoms with Crippen molar-refractivity contribution in [1.29, 1.82) is 0 Å². The van der Waals surface area contributed by atoms with Gasteiger partial charge in [0.2, 0.25) is 5.95 Å². The van der Waals surface area contributed by atoms with Crippen LogP contribution < -0.4 is 11.1 Å². The third kappa shape index (κ3) is 2.69. The van der Waals surface area contributed by atoms with Crippen molar-refractivity contribution in [2.45, 2.75) is 13.8 Å². The van der Waals surface area contributed by atoms with E-state index in [1.54, 1.807) is 0 Å². The van der Waals surface area contributed by atoms with E-state index in [0.29, 0.717) is 0 Å². The van der Waals surface area contributed by atoms with Gasteiger partial charge in [-0.2, -0.15) is 4.98 Å². The van der Waals surface area contributed by atoms with E-state index in [-0.39, 0.29) is 5.95 Å². The monoisotopic (exact) mass is 342 g/mol. The van der Waals surface area contributed by atoms with Gasteiger partial charge in [0.25, 0.3) is 0 Å². The lowest BCUT2D eigenvalue weighted by Crippen LogP contribution is -2.01. The summed E-state index contributed by atoms with van der Waals surface area (Å²) in [7, 11) is 0. The number of hydrogen-bond acceptors (Lipinski definition) is 4. The van der Waals surface area contributed by atoms with Crippen molar-refractivity contribution in [3.63, 3.8) is 0 Å². The van der Waals surface area contributed by atoms with E-state index in [2.05, 4.69) is 57.2 Å². The molecule has 3 aromatic rings. The minimum Gasteiger partial charge on any atom is -0.368 e. The molecule has 0 atom stereocenters. The average Bonchev–Trinajstić information content (AvgIpc) is 2.44. The quantitative estimate of drug-likeness (QED) is 0.727. The maximum Gasteiger partial charge on any atom is 0.222 e. The predicted octanol–water partition coefficient (Wildman–Crippen LogP) is 4.33. The summed E-state index contributed by atoms with van der Waals surface area (Å²) in [5.74, 6) is 0.987. The van der Waals surface area contributed by atoms with E-state index in [4.69, 9.17) is 5.73 Å². The van der Waals surface area contributed by atoms with Crippen LogP contribution in [-0.4, -0.2) is 9.97 Å². The second-order valence-corrected chi connectivity index (χ2v) is 5.79. The fraction of sp³-hybridized carbons (Fsp3) is 0.125. The molecule has 0 unspecified atom stereocenters. The van der Waals surface area contributed by atoms with Gasteiger partial charge in [-0.25, -0.2) is 4.98 Å². The lowest BCUT2D eigenvalue weighted by Gasteiger charge is -2.12. The molecule has 106 valence electrons. The largest absolute Gasteiger partial charge is 0.368 e. The summed E-state index contributed by atoms with van der Waals surface area (Å²) < 4.78 is 1.13. The van der Waals surface area contributed by atoms with Crippen molar-refractivity contribution in [2.75, 3.05) is 11.1 Å². The zero-order valence-electron chi connectivity index (χ0n) is 11.8. The highest BCUT2D eigenvalue weighted by molar-refractivity contribution is 9.10. The summed E-state index contributed by atoms with van der Waals surface area (Å²) in [6.45, 7) is 4.13. The maximum atomic E-state index is 5.79. The molecule has 21 heavy (non-hydrogen) atoms. The fourth-order valence-electron chi connectivity index (χ4n) is 2.34. The minimum atomic E-state index is 0.266. The minimum absolute atomic E-state index is 0.266. The molecule has 0 fully saturated rings. The molecule has 5 heteroatoms. The Morgan fingerprint density at radius 2 is 1.71 bits per heavy atom. The lowest BCUT2D eigenvalue weighted by atomic mass is 10.1. The highest BCUT2D eigenvalue weighted by Crippen LogP contribution is 2.29. The van der Waals surface area contributed by atoms with Crippen LogP contribution in [0.2, 0.25) is 0 Å². The van der Waals surface area contributed by atoms with E-state index in [1.165, 1.54) is 11.1 Å². The van der Waals surface area contributed by atoms with E-state index in [0.717, 1.165) is 26.9 Å². The van der Waals surface area contributed by atoms with Crippen molar-refractivity contribution in [3.8, 4) is 0 Å². The number of rotatable bonds is 2. The number of nitrogen functional groups attached to an aromatic ring is 1. The maximum absolute atomic E-state index is 5.79. The van der Waals surface area contributed by atoms with Crippen LogP contribution in [0, 0.1) is 13.8 Å². The van der Waals surface area contributed by atoms with Gasteiger partial charge in [0, 0.05) is 15.5 Å². The molecule has 3 N–H and O–H groups in total. The molecule has 0 saturated heterocycles. The number of fused-ring (bicyclic) bond motifs is 1. The Balaban J connectivity index is 2.10. The Bertz CT molecular complexity index is 807. The lowest BCUT2D eigenvalue weighted by molar-refractivity contribution is 1.23. The van der Waals surface area contributed by atoms with Gasteiger partial charge in [0.1, 0.15) is 5.82 Å². The average molecular weight is 343 g/mol. The molecule has 2 aromatic carbocycles. The van der Waals surface area contributed by atoms with Gasteiger partial charge in [0.15, 0.2) is 0 Å². The Morgan fingerprint density at radius 1 is 1.05 bits per heavy atom. The van der Waals surface area contributed by atoms with Crippen LogP contribution in [0.4, 0.5) is 17.5 Å². The van der Waals surface area contributed by atoms with Gasteiger partial charge in [-0.3, -0.25) is 0 Å². The van der Waals surface area contributed by atoms with Crippen molar-refractivity contribution in [3.05, 3.63) is 52.0 Å². The first kappa shape index (κ1) is 13.8. The van der Waals surface area contributed by atoms with Crippen molar-refractivity contribution < 1.29 is 0 Å². The summed E-state index contributed by atoms with van der Waals surface area (Å²) in [6.07, 6.45) is 0. The van der Waals surface area contributed by atoms with Crippen molar-refractivity contribution in [1.82, 2.24) is 9.97 Å². The molecular formula is C16H15BrN4. The third-order valence-electron chi connectivity index (χ3n) is 3.32. The number of nitrogens with one attached hydrogen (secondary N) is 1. The zero-order chi connectivity index (χ0) is 15.0. The predicted molar refractivity (Wildman–Crippen MR) is 90.8 cm³/mol. The van der Waals surface area contributed by atoms with Crippen LogP contribution in [0.15, 0.2) is 40.9 Å². The standard InChI is InChI=1S/C16H15BrN4/c1-9-7-11(8-10(2)14(9)17)19-15-12-5-3-4-6-13(12)20-16(18)21-15/h3-8H,1-2H3,(H3,18,19,20,21). The molecule has 1 aromatic heterocycles. The number of nitrogens with zero attached hydrogens (tertiary/aromatic N) is 2. The molecule has 0 bridgehead atoms. The molecular weight excluding hydrogens is 328 g/mol. The van der Waals surface area contributed by atoms with Crippen LogP contribution in [0.1, 0.15) is 11.1 Å². The number of hydrogen-bond donors (Lipinski definition) is 2. The van der Waals surface area contributed by atoms with Crippen molar-refractivity contribution >= 4 is 44.3 Å². The second-order valence-electron chi connectivity index (χ2n) is 5.00. The molecule has 0 saturated carbocycles. The molecule has 0 aliphatic rings. The summed E-state index contributed by atoms with van der Waals surface area (Å²) >= 11 is 3.58. The Labute approximate surface area is 131 Å². The number of nitrogens with two attached hydrogens (primary N) is 1. The molecule has 0 radical (unpaired) electrons. The molecule has 0 amide bonds. The molecule has 1 heterocycles.